The highest BCUT2D eigenvalue weighted by Crippen LogP contribution is 2.41. The number of aryl methyl sites for hydroxylation is 1. The molecule has 9 heteroatoms. The maximum Gasteiger partial charge on any atom is 0.416 e. The molecule has 0 spiro atoms. The van der Waals surface area contributed by atoms with Crippen LogP contribution in [0.15, 0.2) is 24.3 Å². The third-order valence-corrected chi connectivity index (χ3v) is 6.18. The summed E-state index contributed by atoms with van der Waals surface area (Å²) in [6.07, 6.45) is -4.49. The lowest BCUT2D eigenvalue weighted by Crippen LogP contribution is -2.36. The molecule has 0 amide bonds. The van der Waals surface area contributed by atoms with Gasteiger partial charge in [-0.15, -0.1) is 5.10 Å². The van der Waals surface area contributed by atoms with E-state index in [-0.39, 0.29) is 23.0 Å². The molecule has 3 aromatic rings. The average Bonchev–Trinajstić information content (AvgIpc) is 2.76. The first-order valence-corrected chi connectivity index (χ1v) is 10.4. The molecule has 0 saturated carbocycles. The fraction of sp³-hybridized carbons (Fsp3) is 0.391. The molecule has 1 atom stereocenters. The highest BCUT2D eigenvalue weighted by Gasteiger charge is 2.34. The normalized spacial score (nSPS) is 15.9. The predicted molar refractivity (Wildman–Crippen MR) is 120 cm³/mol. The van der Waals surface area contributed by atoms with Gasteiger partial charge in [-0.2, -0.15) is 18.3 Å². The number of morpholine rings is 1. The van der Waals surface area contributed by atoms with Crippen LogP contribution in [0.5, 0.6) is 0 Å². The van der Waals surface area contributed by atoms with Crippen LogP contribution in [0, 0.1) is 13.8 Å². The van der Waals surface area contributed by atoms with Crippen LogP contribution in [0.2, 0.25) is 0 Å². The van der Waals surface area contributed by atoms with E-state index in [9.17, 15) is 13.2 Å². The maximum atomic E-state index is 13.6. The number of ether oxygens (including phenoxy) is 1. The molecule has 170 valence electrons. The van der Waals surface area contributed by atoms with Gasteiger partial charge < -0.3 is 21.1 Å². The lowest BCUT2D eigenvalue weighted by Gasteiger charge is -2.30. The first-order chi connectivity index (χ1) is 15.1. The van der Waals surface area contributed by atoms with Crippen molar-refractivity contribution < 1.29 is 17.9 Å². The zero-order chi connectivity index (χ0) is 23.2. The Kier molecular flexibility index (Phi) is 5.62. The van der Waals surface area contributed by atoms with Crippen molar-refractivity contribution >= 4 is 28.0 Å². The van der Waals surface area contributed by atoms with Crippen molar-refractivity contribution in [3.8, 4) is 0 Å². The topological polar surface area (TPSA) is 90.3 Å². The average molecular weight is 445 g/mol. The second-order valence-electron chi connectivity index (χ2n) is 8.23. The summed E-state index contributed by atoms with van der Waals surface area (Å²) in [7, 11) is 0. The summed E-state index contributed by atoms with van der Waals surface area (Å²) in [6.45, 7) is 7.84. The largest absolute Gasteiger partial charge is 0.416 e. The van der Waals surface area contributed by atoms with Gasteiger partial charge in [0, 0.05) is 41.2 Å². The molecule has 0 bridgehead atoms. The molecule has 0 radical (unpaired) electrons. The Morgan fingerprint density at radius 2 is 1.69 bits per heavy atom. The van der Waals surface area contributed by atoms with Gasteiger partial charge in [0.25, 0.3) is 0 Å². The first kappa shape index (κ1) is 22.1. The second kappa shape index (κ2) is 8.12. The van der Waals surface area contributed by atoms with Gasteiger partial charge in [-0.25, -0.2) is 0 Å². The standard InChI is InChI=1S/C23H26F3N5O/c1-12(17-8-15(27)9-20(13(17)2)23(24,25)26)18-10-16(31-4-6-32-7-5-31)11-19-21(18)14(3)29-30-22(19)28/h8-12H,4-7,27H2,1-3H3,(H2,28,30). The molecule has 2 aromatic carbocycles. The van der Waals surface area contributed by atoms with Gasteiger partial charge >= 0.3 is 6.18 Å². The van der Waals surface area contributed by atoms with Gasteiger partial charge in [0.2, 0.25) is 0 Å². The van der Waals surface area contributed by atoms with Crippen LogP contribution in [0.25, 0.3) is 10.8 Å². The molecule has 0 aliphatic carbocycles. The molecular formula is C23H26F3N5O. The number of hydrogen-bond donors (Lipinski definition) is 2. The van der Waals surface area contributed by atoms with Crippen LogP contribution in [-0.4, -0.2) is 36.5 Å². The summed E-state index contributed by atoms with van der Waals surface area (Å²) in [5.41, 5.74) is 14.6. The molecule has 1 fully saturated rings. The molecule has 6 nitrogen and oxygen atoms in total. The van der Waals surface area contributed by atoms with E-state index >= 15 is 0 Å². The van der Waals surface area contributed by atoms with Crippen LogP contribution >= 0.6 is 0 Å². The van der Waals surface area contributed by atoms with E-state index in [1.807, 2.05) is 26.0 Å². The number of anilines is 3. The smallest absolute Gasteiger partial charge is 0.399 e. The van der Waals surface area contributed by atoms with Crippen LogP contribution < -0.4 is 16.4 Å². The third-order valence-electron chi connectivity index (χ3n) is 6.18. The highest BCUT2D eigenvalue weighted by atomic mass is 19.4. The summed E-state index contributed by atoms with van der Waals surface area (Å²) >= 11 is 0. The van der Waals surface area contributed by atoms with Crippen molar-refractivity contribution in [2.24, 2.45) is 0 Å². The minimum absolute atomic E-state index is 0.0782. The van der Waals surface area contributed by atoms with Gasteiger partial charge in [0.15, 0.2) is 5.82 Å². The van der Waals surface area contributed by atoms with E-state index in [0.29, 0.717) is 37.6 Å². The zero-order valence-electron chi connectivity index (χ0n) is 18.3. The predicted octanol–water partition coefficient (Wildman–Crippen LogP) is 4.42. The number of nitrogens with zero attached hydrogens (tertiary/aromatic N) is 3. The monoisotopic (exact) mass is 445 g/mol. The SMILES string of the molecule is Cc1c(C(C)c2cc(N3CCOCC3)cc3c(N)nnc(C)c23)cc(N)cc1C(F)(F)F. The van der Waals surface area contributed by atoms with E-state index in [0.717, 1.165) is 28.1 Å². The Bertz CT molecular complexity index is 1170. The fourth-order valence-electron chi connectivity index (χ4n) is 4.50. The van der Waals surface area contributed by atoms with E-state index in [4.69, 9.17) is 16.2 Å². The number of halogens is 3. The Morgan fingerprint density at radius 3 is 2.34 bits per heavy atom. The molecule has 1 aromatic heterocycles. The molecule has 1 aliphatic heterocycles. The molecule has 4 N–H and O–H groups in total. The number of rotatable bonds is 3. The number of fused-ring (bicyclic) bond motifs is 1. The maximum absolute atomic E-state index is 13.6. The summed E-state index contributed by atoms with van der Waals surface area (Å²) in [6, 6.07) is 6.60. The van der Waals surface area contributed by atoms with Gasteiger partial charge in [-0.3, -0.25) is 0 Å². The van der Waals surface area contributed by atoms with Crippen molar-refractivity contribution in [1.82, 2.24) is 10.2 Å². The van der Waals surface area contributed by atoms with Crippen molar-refractivity contribution in [3.63, 3.8) is 0 Å². The Balaban J connectivity index is 1.96. The lowest BCUT2D eigenvalue weighted by atomic mass is 9.84. The Morgan fingerprint density at radius 1 is 1.00 bits per heavy atom. The number of benzene rings is 2. The molecule has 2 heterocycles. The van der Waals surface area contributed by atoms with Crippen molar-refractivity contribution in [1.29, 1.82) is 0 Å². The number of nitrogen functional groups attached to an aromatic ring is 2. The number of aromatic nitrogens is 2. The van der Waals surface area contributed by atoms with Crippen LogP contribution in [-0.2, 0) is 10.9 Å². The number of nitrogens with two attached hydrogens (primary N) is 2. The summed E-state index contributed by atoms with van der Waals surface area (Å²) in [4.78, 5) is 2.18. The van der Waals surface area contributed by atoms with Gasteiger partial charge in [0.1, 0.15) is 0 Å². The van der Waals surface area contributed by atoms with Crippen LogP contribution in [0.1, 0.15) is 40.8 Å². The lowest BCUT2D eigenvalue weighted by molar-refractivity contribution is -0.138. The van der Waals surface area contributed by atoms with E-state index in [1.54, 1.807) is 6.07 Å². The van der Waals surface area contributed by atoms with Crippen molar-refractivity contribution in [2.45, 2.75) is 32.9 Å². The van der Waals surface area contributed by atoms with Crippen molar-refractivity contribution in [2.75, 3.05) is 42.7 Å². The summed E-state index contributed by atoms with van der Waals surface area (Å²) in [5, 5.41) is 9.77. The minimum Gasteiger partial charge on any atom is -0.399 e. The molecule has 1 saturated heterocycles. The molecule has 32 heavy (non-hydrogen) atoms. The fourth-order valence-corrected chi connectivity index (χ4v) is 4.50. The first-order valence-electron chi connectivity index (χ1n) is 10.4. The number of alkyl halides is 3. The highest BCUT2D eigenvalue weighted by molar-refractivity contribution is 5.97. The zero-order valence-corrected chi connectivity index (χ0v) is 18.3. The second-order valence-corrected chi connectivity index (χ2v) is 8.23. The summed E-state index contributed by atoms with van der Waals surface area (Å²) < 4.78 is 46.4. The molecule has 1 aliphatic rings. The van der Waals surface area contributed by atoms with E-state index < -0.39 is 11.7 Å². The van der Waals surface area contributed by atoms with Gasteiger partial charge in [0.05, 0.1) is 24.5 Å². The Hall–Kier alpha value is -3.07. The quantitative estimate of drug-likeness (QED) is 0.580. The Labute approximate surface area is 184 Å². The minimum atomic E-state index is -4.49. The van der Waals surface area contributed by atoms with Crippen LogP contribution in [0.3, 0.4) is 0 Å². The van der Waals surface area contributed by atoms with E-state index in [1.165, 1.54) is 6.92 Å². The van der Waals surface area contributed by atoms with Crippen molar-refractivity contribution in [3.05, 3.63) is 52.2 Å². The van der Waals surface area contributed by atoms with E-state index in [2.05, 4.69) is 15.1 Å². The molecule has 1 unspecified atom stereocenters. The van der Waals surface area contributed by atoms with Gasteiger partial charge in [-0.05, 0) is 54.8 Å². The van der Waals surface area contributed by atoms with Crippen LogP contribution in [0.4, 0.5) is 30.4 Å². The third kappa shape index (κ3) is 3.92. The molecular weight excluding hydrogens is 419 g/mol. The number of hydrogen-bond acceptors (Lipinski definition) is 6. The van der Waals surface area contributed by atoms with Gasteiger partial charge in [-0.1, -0.05) is 6.92 Å². The molecule has 4 rings (SSSR count). The summed E-state index contributed by atoms with van der Waals surface area (Å²) in [5.74, 6) is -0.0974.